The third-order valence-electron chi connectivity index (χ3n) is 4.36. The summed E-state index contributed by atoms with van der Waals surface area (Å²) in [5.41, 5.74) is 1.59. The van der Waals surface area contributed by atoms with Crippen molar-refractivity contribution in [3.8, 4) is 11.5 Å². The van der Waals surface area contributed by atoms with Crippen molar-refractivity contribution < 1.29 is 19.1 Å². The summed E-state index contributed by atoms with van der Waals surface area (Å²) in [6.07, 6.45) is 0.919. The molecule has 0 radical (unpaired) electrons. The molecule has 0 heterocycles. The summed E-state index contributed by atoms with van der Waals surface area (Å²) < 4.78 is 10.3. The van der Waals surface area contributed by atoms with Gasteiger partial charge in [0, 0.05) is 18.0 Å². The number of methoxy groups -OCH3 is 2. The number of carbonyl (C=O) groups excluding carboxylic acids is 2. The molecule has 2 N–H and O–H groups in total. The third-order valence-corrected chi connectivity index (χ3v) is 4.36. The highest BCUT2D eigenvalue weighted by molar-refractivity contribution is 5.97. The lowest BCUT2D eigenvalue weighted by Crippen LogP contribution is -2.38. The second-order valence-electron chi connectivity index (χ2n) is 6.07. The smallest absolute Gasteiger partial charge is 0.251 e. The maximum atomic E-state index is 12.2. The van der Waals surface area contributed by atoms with E-state index in [4.69, 9.17) is 9.47 Å². The van der Waals surface area contributed by atoms with Gasteiger partial charge in [-0.1, -0.05) is 37.3 Å². The van der Waals surface area contributed by atoms with Gasteiger partial charge in [0.2, 0.25) is 5.91 Å². The Bertz CT molecular complexity index is 762. The molecule has 27 heavy (non-hydrogen) atoms. The minimum absolute atomic E-state index is 0.0849. The number of nitrogens with one attached hydrogen (secondary N) is 2. The Balaban J connectivity index is 1.85. The van der Waals surface area contributed by atoms with Crippen molar-refractivity contribution in [2.24, 2.45) is 0 Å². The maximum Gasteiger partial charge on any atom is 0.251 e. The van der Waals surface area contributed by atoms with Crippen molar-refractivity contribution in [1.29, 1.82) is 0 Å². The number of ether oxygens (including phenoxy) is 2. The molecule has 0 aromatic heterocycles. The van der Waals surface area contributed by atoms with Gasteiger partial charge in [0.1, 0.15) is 0 Å². The van der Waals surface area contributed by atoms with Crippen LogP contribution in [0.25, 0.3) is 0 Å². The van der Waals surface area contributed by atoms with Crippen LogP contribution in [0.2, 0.25) is 0 Å². The van der Waals surface area contributed by atoms with Crippen LogP contribution in [-0.2, 0) is 4.79 Å². The Morgan fingerprint density at radius 2 is 1.67 bits per heavy atom. The van der Waals surface area contributed by atoms with Gasteiger partial charge in [0.25, 0.3) is 5.91 Å². The molecule has 0 aliphatic rings. The Hall–Kier alpha value is -3.02. The minimum atomic E-state index is -0.346. The third kappa shape index (κ3) is 5.74. The Morgan fingerprint density at radius 3 is 2.30 bits per heavy atom. The zero-order chi connectivity index (χ0) is 19.6. The van der Waals surface area contributed by atoms with Crippen molar-refractivity contribution in [3.05, 3.63) is 59.7 Å². The summed E-state index contributed by atoms with van der Waals surface area (Å²) >= 11 is 0. The molecule has 1 atom stereocenters. The van der Waals surface area contributed by atoms with E-state index in [1.165, 1.54) is 19.8 Å². The fourth-order valence-corrected chi connectivity index (χ4v) is 2.76. The van der Waals surface area contributed by atoms with Gasteiger partial charge in [0.15, 0.2) is 11.5 Å². The van der Waals surface area contributed by atoms with Crippen molar-refractivity contribution in [2.45, 2.75) is 19.3 Å². The van der Waals surface area contributed by atoms with Crippen LogP contribution in [0.15, 0.2) is 48.5 Å². The summed E-state index contributed by atoms with van der Waals surface area (Å²) in [5.74, 6) is 0.678. The van der Waals surface area contributed by atoms with Crippen LogP contribution in [-0.4, -0.2) is 39.1 Å². The van der Waals surface area contributed by atoms with Crippen LogP contribution >= 0.6 is 0 Å². The van der Waals surface area contributed by atoms with E-state index in [2.05, 4.69) is 29.7 Å². The SMILES string of the molecule is CCC(CNC(=O)CNC(=O)c1ccc(OC)c(OC)c1)c1ccccc1. The van der Waals surface area contributed by atoms with Crippen LogP contribution < -0.4 is 20.1 Å². The normalized spacial score (nSPS) is 11.4. The minimum Gasteiger partial charge on any atom is -0.493 e. The maximum absolute atomic E-state index is 12.2. The first-order chi connectivity index (χ1) is 13.1. The lowest BCUT2D eigenvalue weighted by Gasteiger charge is -2.16. The largest absolute Gasteiger partial charge is 0.493 e. The molecular formula is C21H26N2O4. The molecule has 0 saturated heterocycles. The van der Waals surface area contributed by atoms with E-state index >= 15 is 0 Å². The molecule has 0 fully saturated rings. The summed E-state index contributed by atoms with van der Waals surface area (Å²) in [4.78, 5) is 24.3. The first-order valence-electron chi connectivity index (χ1n) is 8.90. The Morgan fingerprint density at radius 1 is 0.963 bits per heavy atom. The molecule has 0 bridgehead atoms. The molecular weight excluding hydrogens is 344 g/mol. The fourth-order valence-electron chi connectivity index (χ4n) is 2.76. The topological polar surface area (TPSA) is 76.7 Å². The summed E-state index contributed by atoms with van der Waals surface area (Å²) in [7, 11) is 3.03. The molecule has 0 spiro atoms. The Kier molecular flexibility index (Phi) is 7.67. The number of carbonyl (C=O) groups is 2. The number of rotatable bonds is 9. The van der Waals surface area contributed by atoms with Gasteiger partial charge in [-0.05, 0) is 30.2 Å². The molecule has 6 nitrogen and oxygen atoms in total. The molecule has 144 valence electrons. The molecule has 0 saturated carbocycles. The first-order valence-corrected chi connectivity index (χ1v) is 8.90. The van der Waals surface area contributed by atoms with E-state index in [0.717, 1.165) is 6.42 Å². The number of benzene rings is 2. The monoisotopic (exact) mass is 370 g/mol. The van der Waals surface area contributed by atoms with Crippen molar-refractivity contribution in [2.75, 3.05) is 27.3 Å². The highest BCUT2D eigenvalue weighted by Crippen LogP contribution is 2.27. The van der Waals surface area contributed by atoms with Gasteiger partial charge in [-0.3, -0.25) is 9.59 Å². The van der Waals surface area contributed by atoms with Crippen LogP contribution in [0, 0.1) is 0 Å². The van der Waals surface area contributed by atoms with Gasteiger partial charge in [-0.15, -0.1) is 0 Å². The molecule has 2 rings (SSSR count). The average Bonchev–Trinajstić information content (AvgIpc) is 2.72. The Labute approximate surface area is 159 Å². The van der Waals surface area contributed by atoms with Crippen LogP contribution in [0.5, 0.6) is 11.5 Å². The standard InChI is InChI=1S/C21H26N2O4/c1-4-15(16-8-6-5-7-9-16)13-22-20(24)14-23-21(25)17-10-11-18(26-2)19(12-17)27-3/h5-12,15H,4,13-14H2,1-3H3,(H,22,24)(H,23,25). The number of hydrogen-bond donors (Lipinski definition) is 2. The van der Waals surface area contributed by atoms with E-state index in [-0.39, 0.29) is 24.3 Å². The lowest BCUT2D eigenvalue weighted by molar-refractivity contribution is -0.120. The van der Waals surface area contributed by atoms with Crippen molar-refractivity contribution >= 4 is 11.8 Å². The van der Waals surface area contributed by atoms with Gasteiger partial charge in [-0.2, -0.15) is 0 Å². The summed E-state index contributed by atoms with van der Waals surface area (Å²) in [6, 6.07) is 14.9. The number of amides is 2. The van der Waals surface area contributed by atoms with E-state index < -0.39 is 0 Å². The molecule has 6 heteroatoms. The molecule has 2 aromatic carbocycles. The first kappa shape index (κ1) is 20.3. The molecule has 0 aliphatic heterocycles. The second-order valence-corrected chi connectivity index (χ2v) is 6.07. The van der Waals surface area contributed by atoms with E-state index in [1.807, 2.05) is 18.2 Å². The zero-order valence-corrected chi connectivity index (χ0v) is 16.0. The fraction of sp³-hybridized carbons (Fsp3) is 0.333. The molecule has 2 amide bonds. The van der Waals surface area contributed by atoms with Crippen LogP contribution in [0.1, 0.15) is 35.2 Å². The highest BCUT2D eigenvalue weighted by Gasteiger charge is 2.13. The van der Waals surface area contributed by atoms with Crippen LogP contribution in [0.4, 0.5) is 0 Å². The van der Waals surface area contributed by atoms with E-state index in [0.29, 0.717) is 23.6 Å². The zero-order valence-electron chi connectivity index (χ0n) is 16.0. The molecule has 0 aliphatic carbocycles. The van der Waals surface area contributed by atoms with E-state index in [9.17, 15) is 9.59 Å². The summed E-state index contributed by atoms with van der Waals surface area (Å²) in [6.45, 7) is 2.53. The summed E-state index contributed by atoms with van der Waals surface area (Å²) in [5, 5.41) is 5.50. The molecule has 1 unspecified atom stereocenters. The average molecular weight is 370 g/mol. The van der Waals surface area contributed by atoms with Gasteiger partial charge < -0.3 is 20.1 Å². The predicted molar refractivity (Wildman–Crippen MR) is 104 cm³/mol. The van der Waals surface area contributed by atoms with Crippen molar-refractivity contribution in [3.63, 3.8) is 0 Å². The predicted octanol–water partition coefficient (Wildman–Crippen LogP) is 2.74. The quantitative estimate of drug-likeness (QED) is 0.712. The lowest BCUT2D eigenvalue weighted by atomic mass is 9.96. The van der Waals surface area contributed by atoms with E-state index in [1.54, 1.807) is 18.2 Å². The van der Waals surface area contributed by atoms with Crippen LogP contribution in [0.3, 0.4) is 0 Å². The van der Waals surface area contributed by atoms with Gasteiger partial charge >= 0.3 is 0 Å². The molecule has 2 aromatic rings. The highest BCUT2D eigenvalue weighted by atomic mass is 16.5. The second kappa shape index (κ2) is 10.2. The van der Waals surface area contributed by atoms with Crippen molar-refractivity contribution in [1.82, 2.24) is 10.6 Å². The number of hydrogen-bond acceptors (Lipinski definition) is 4. The van der Waals surface area contributed by atoms with Gasteiger partial charge in [-0.25, -0.2) is 0 Å². The van der Waals surface area contributed by atoms with Gasteiger partial charge in [0.05, 0.1) is 20.8 Å².